The second-order valence-electron chi connectivity index (χ2n) is 2.15. The molecule has 1 rings (SSSR count). The van der Waals surface area contributed by atoms with Gasteiger partial charge in [0, 0.05) is 5.69 Å². The number of benzene rings is 1. The average molecular weight is 188 g/mol. The largest absolute Gasteiger partial charge is 0.324 e. The van der Waals surface area contributed by atoms with Crippen LogP contribution in [0.3, 0.4) is 0 Å². The minimum Gasteiger partial charge on any atom is -0.324 e. The molecule has 1 aromatic carbocycles. The van der Waals surface area contributed by atoms with E-state index in [-0.39, 0.29) is 4.90 Å². The van der Waals surface area contributed by atoms with E-state index in [9.17, 15) is 8.42 Å². The molecule has 0 heterocycles. The molecular formula is C6H8N2O3S. The van der Waals surface area contributed by atoms with E-state index in [0.29, 0.717) is 5.69 Å². The molecule has 0 aliphatic heterocycles. The number of nitrogen functional groups attached to an aromatic ring is 1. The third kappa shape index (κ3) is 1.94. The van der Waals surface area contributed by atoms with Gasteiger partial charge >= 0.3 is 0 Å². The molecule has 12 heavy (non-hydrogen) atoms. The van der Waals surface area contributed by atoms with Gasteiger partial charge in [0.25, 0.3) is 10.1 Å². The monoisotopic (exact) mass is 188 g/mol. The summed E-state index contributed by atoms with van der Waals surface area (Å²) in [5.41, 5.74) is 2.69. The Morgan fingerprint density at radius 2 is 2.08 bits per heavy atom. The molecule has 0 aromatic heterocycles. The fraction of sp³-hybridized carbons (Fsp3) is 0. The van der Waals surface area contributed by atoms with Gasteiger partial charge in [-0.1, -0.05) is 6.07 Å². The summed E-state index contributed by atoms with van der Waals surface area (Å²) in [5.74, 6) is 5.04. The Morgan fingerprint density at radius 3 is 2.58 bits per heavy atom. The highest BCUT2D eigenvalue weighted by Crippen LogP contribution is 2.13. The first-order chi connectivity index (χ1) is 5.54. The van der Waals surface area contributed by atoms with Crippen molar-refractivity contribution in [3.8, 4) is 0 Å². The van der Waals surface area contributed by atoms with Crippen LogP contribution in [-0.4, -0.2) is 13.0 Å². The molecule has 0 aliphatic rings. The highest BCUT2D eigenvalue weighted by atomic mass is 32.2. The summed E-state index contributed by atoms with van der Waals surface area (Å²) in [4.78, 5) is -0.182. The molecule has 4 N–H and O–H groups in total. The summed E-state index contributed by atoms with van der Waals surface area (Å²) in [6, 6.07) is 5.55. The van der Waals surface area contributed by atoms with Crippen molar-refractivity contribution in [3.63, 3.8) is 0 Å². The zero-order valence-electron chi connectivity index (χ0n) is 6.06. The van der Waals surface area contributed by atoms with Crippen LogP contribution in [0.1, 0.15) is 0 Å². The van der Waals surface area contributed by atoms with E-state index in [1.54, 1.807) is 6.07 Å². The Hall–Kier alpha value is -1.11. The van der Waals surface area contributed by atoms with Gasteiger partial charge in [-0.05, 0) is 18.2 Å². The Labute approximate surface area is 69.9 Å². The summed E-state index contributed by atoms with van der Waals surface area (Å²) in [6.45, 7) is 0. The highest BCUT2D eigenvalue weighted by molar-refractivity contribution is 7.85. The molecule has 0 bridgehead atoms. The molecule has 0 radical (unpaired) electrons. The Morgan fingerprint density at radius 1 is 1.42 bits per heavy atom. The molecule has 0 atom stereocenters. The van der Waals surface area contributed by atoms with Crippen molar-refractivity contribution in [1.29, 1.82) is 0 Å². The van der Waals surface area contributed by atoms with Crippen LogP contribution in [0.2, 0.25) is 0 Å². The van der Waals surface area contributed by atoms with Gasteiger partial charge in [0.2, 0.25) is 0 Å². The van der Waals surface area contributed by atoms with Gasteiger partial charge in [0.1, 0.15) is 0 Å². The number of nitrogens with one attached hydrogen (secondary N) is 1. The van der Waals surface area contributed by atoms with Crippen LogP contribution in [0.15, 0.2) is 29.2 Å². The Balaban J connectivity index is 3.20. The standard InChI is InChI=1S/C6H8N2O3S/c7-8-5-2-1-3-6(4-5)12(9,10)11/h1-4,8H,7H2,(H,9,10,11). The lowest BCUT2D eigenvalue weighted by molar-refractivity contribution is 0.483. The number of hydrogen-bond donors (Lipinski definition) is 3. The molecule has 0 spiro atoms. The third-order valence-electron chi connectivity index (χ3n) is 1.30. The van der Waals surface area contributed by atoms with Crippen molar-refractivity contribution in [2.24, 2.45) is 5.84 Å². The molecule has 6 heteroatoms. The fourth-order valence-corrected chi connectivity index (χ4v) is 1.27. The van der Waals surface area contributed by atoms with E-state index in [4.69, 9.17) is 10.4 Å². The summed E-state index contributed by atoms with van der Waals surface area (Å²) in [7, 11) is -4.13. The highest BCUT2D eigenvalue weighted by Gasteiger charge is 2.08. The van der Waals surface area contributed by atoms with Crippen molar-refractivity contribution in [3.05, 3.63) is 24.3 Å². The van der Waals surface area contributed by atoms with Crippen molar-refractivity contribution < 1.29 is 13.0 Å². The zero-order valence-corrected chi connectivity index (χ0v) is 6.88. The molecule has 0 unspecified atom stereocenters. The first-order valence-electron chi connectivity index (χ1n) is 3.08. The van der Waals surface area contributed by atoms with Crippen LogP contribution < -0.4 is 11.3 Å². The molecule has 0 amide bonds. The van der Waals surface area contributed by atoms with E-state index < -0.39 is 10.1 Å². The maximum atomic E-state index is 10.6. The minimum absolute atomic E-state index is 0.182. The van der Waals surface area contributed by atoms with Crippen LogP contribution in [0.25, 0.3) is 0 Å². The third-order valence-corrected chi connectivity index (χ3v) is 2.15. The van der Waals surface area contributed by atoms with E-state index in [1.165, 1.54) is 18.2 Å². The minimum atomic E-state index is -4.13. The van der Waals surface area contributed by atoms with Gasteiger partial charge in [0.15, 0.2) is 0 Å². The predicted molar refractivity (Wildman–Crippen MR) is 44.1 cm³/mol. The van der Waals surface area contributed by atoms with Crippen LogP contribution in [0.4, 0.5) is 5.69 Å². The number of hydrogen-bond acceptors (Lipinski definition) is 4. The molecule has 0 saturated carbocycles. The zero-order chi connectivity index (χ0) is 9.19. The average Bonchev–Trinajstić information content (AvgIpc) is 2.03. The Kier molecular flexibility index (Phi) is 2.32. The predicted octanol–water partition coefficient (Wildman–Crippen LogP) is 0.219. The molecular weight excluding hydrogens is 180 g/mol. The van der Waals surface area contributed by atoms with Gasteiger partial charge in [-0.2, -0.15) is 8.42 Å². The van der Waals surface area contributed by atoms with Gasteiger partial charge in [-0.3, -0.25) is 10.4 Å². The molecule has 0 fully saturated rings. The lowest BCUT2D eigenvalue weighted by atomic mass is 10.3. The molecule has 66 valence electrons. The number of nitrogens with two attached hydrogens (primary N) is 1. The first-order valence-corrected chi connectivity index (χ1v) is 4.52. The van der Waals surface area contributed by atoms with E-state index in [1.807, 2.05) is 0 Å². The first kappa shape index (κ1) is 8.98. The van der Waals surface area contributed by atoms with E-state index >= 15 is 0 Å². The maximum absolute atomic E-state index is 10.6. The van der Waals surface area contributed by atoms with Crippen LogP contribution in [-0.2, 0) is 10.1 Å². The van der Waals surface area contributed by atoms with E-state index in [0.717, 1.165) is 0 Å². The molecule has 1 aromatic rings. The second-order valence-corrected chi connectivity index (χ2v) is 3.57. The second kappa shape index (κ2) is 3.10. The van der Waals surface area contributed by atoms with Gasteiger partial charge in [-0.15, -0.1) is 0 Å². The van der Waals surface area contributed by atoms with Crippen molar-refractivity contribution in [2.45, 2.75) is 4.90 Å². The van der Waals surface area contributed by atoms with E-state index in [2.05, 4.69) is 5.43 Å². The van der Waals surface area contributed by atoms with Crippen LogP contribution in [0, 0.1) is 0 Å². The van der Waals surface area contributed by atoms with Gasteiger partial charge in [-0.25, -0.2) is 0 Å². The number of anilines is 1. The van der Waals surface area contributed by atoms with Crippen LogP contribution in [0.5, 0.6) is 0 Å². The quantitative estimate of drug-likeness (QED) is 0.350. The van der Waals surface area contributed by atoms with Crippen LogP contribution >= 0.6 is 0 Å². The van der Waals surface area contributed by atoms with Gasteiger partial charge < -0.3 is 5.43 Å². The lowest BCUT2D eigenvalue weighted by Gasteiger charge is -2.00. The number of hydrazine groups is 1. The molecule has 0 saturated heterocycles. The fourth-order valence-electron chi connectivity index (χ4n) is 0.746. The number of rotatable bonds is 2. The SMILES string of the molecule is NNc1cccc(S(=O)(=O)O)c1. The summed E-state index contributed by atoms with van der Waals surface area (Å²) >= 11 is 0. The molecule has 0 aliphatic carbocycles. The summed E-state index contributed by atoms with van der Waals surface area (Å²) in [6.07, 6.45) is 0. The lowest BCUT2D eigenvalue weighted by Crippen LogP contribution is -2.07. The summed E-state index contributed by atoms with van der Waals surface area (Å²) < 4.78 is 29.8. The molecule has 5 nitrogen and oxygen atoms in total. The van der Waals surface area contributed by atoms with Crippen molar-refractivity contribution in [1.82, 2.24) is 0 Å². The smallest absolute Gasteiger partial charge is 0.294 e. The Bertz CT molecular complexity index is 374. The normalized spacial score (nSPS) is 11.2. The maximum Gasteiger partial charge on any atom is 0.294 e. The van der Waals surface area contributed by atoms with Crippen molar-refractivity contribution >= 4 is 15.8 Å². The van der Waals surface area contributed by atoms with Gasteiger partial charge in [0.05, 0.1) is 4.90 Å². The van der Waals surface area contributed by atoms with Crippen molar-refractivity contribution in [2.75, 3.05) is 5.43 Å². The summed E-state index contributed by atoms with van der Waals surface area (Å²) in [5, 5.41) is 0. The topological polar surface area (TPSA) is 92.4 Å².